The molecule has 0 spiro atoms. The number of fused-ring (bicyclic) bond motifs is 18. The van der Waals surface area contributed by atoms with Gasteiger partial charge in [0.25, 0.3) is 0 Å². The van der Waals surface area contributed by atoms with Gasteiger partial charge in [-0.05, 0) is 235 Å². The first-order valence-electron chi connectivity index (χ1n) is 45.2. The molecule has 0 saturated heterocycles. The zero-order chi connectivity index (χ0) is 86.9. The molecule has 0 aliphatic rings. The van der Waals surface area contributed by atoms with Crippen LogP contribution < -0.4 is 0 Å². The van der Waals surface area contributed by atoms with Gasteiger partial charge in [-0.2, -0.15) is 0 Å². The van der Waals surface area contributed by atoms with Gasteiger partial charge in [0.1, 0.15) is 22.3 Å². The monoisotopic (exact) mass is 1680 g/mol. The van der Waals surface area contributed by atoms with Crippen LogP contribution in [-0.2, 0) is 0 Å². The predicted octanol–water partition coefficient (Wildman–Crippen LogP) is 34.6. The van der Waals surface area contributed by atoms with Gasteiger partial charge in [-0.1, -0.05) is 340 Å². The molecule has 6 heterocycles. The van der Waals surface area contributed by atoms with E-state index in [4.69, 9.17) is 8.83 Å². The molecule has 0 atom stereocenters. The second kappa shape index (κ2) is 31.2. The van der Waals surface area contributed by atoms with Crippen LogP contribution in [-0.4, -0.2) is 18.3 Å². The fourth-order valence-corrected chi connectivity index (χ4v) is 20.9. The van der Waals surface area contributed by atoms with E-state index in [1.54, 1.807) is 0 Å². The summed E-state index contributed by atoms with van der Waals surface area (Å²) >= 11 is 0. The van der Waals surface area contributed by atoms with E-state index < -0.39 is 0 Å². The Morgan fingerprint density at radius 3 is 0.803 bits per heavy atom. The lowest BCUT2D eigenvalue weighted by atomic mass is 9.96. The molecule has 0 aliphatic carbocycles. The van der Waals surface area contributed by atoms with Crippen molar-refractivity contribution in [3.63, 3.8) is 0 Å². The molecule has 6 nitrogen and oxygen atoms in total. The van der Waals surface area contributed by atoms with Crippen LogP contribution in [0.2, 0.25) is 0 Å². The smallest absolute Gasteiger partial charge is 0.135 e. The standard InChI is InChI=1S/C66H40N2O2.C60H40N2/c1-2-13-47(14-3-1)67-58-21-9-5-18-52(58)66-49(19-12-22-61(66)67)42-27-25-41(26-28-42)48-15-4-8-20-57(48)68-59-33-29-43(45-31-35-64-55(39-45)50-16-6-10-23-62(50)69-64)37-53(59)54-38-44(30-34-60(54)68)46-32-36-65-56(40-46)51-17-7-11-24-63(51)70-65;1-4-16-41(17-5-1)46-22-14-23-49(38-46)61-56-28-13-11-25-52(56)60-51(26-15-29-59(60)61)45-32-30-44(31-33-45)50-24-10-12-27-55(50)62-57-36-34-47(42-18-6-2-7-19-42)39-53(57)54-40-48(35-37-58(54)62)43-20-8-3-9-21-43/h1-40H;1-40H. The number of aromatic nitrogens is 4. The molecule has 27 rings (SSSR count). The van der Waals surface area contributed by atoms with Crippen molar-refractivity contribution >= 4 is 131 Å². The van der Waals surface area contributed by atoms with Crippen molar-refractivity contribution in [3.8, 4) is 123 Å². The first-order valence-corrected chi connectivity index (χ1v) is 45.2. The molecule has 27 aromatic rings. The van der Waals surface area contributed by atoms with Crippen LogP contribution in [0.25, 0.3) is 254 Å². The Hall–Kier alpha value is -17.6. The third-order valence-electron chi connectivity index (χ3n) is 27.1. The molecule has 6 heteroatoms. The van der Waals surface area contributed by atoms with Crippen LogP contribution in [0, 0.1) is 0 Å². The highest BCUT2D eigenvalue weighted by Crippen LogP contribution is 2.48. The molecule has 0 saturated carbocycles. The average Bonchev–Trinajstić information content (AvgIpc) is 1.58. The molecular weight excluding hydrogens is 1600 g/mol. The molecule has 21 aromatic carbocycles. The number of hydrogen-bond donors (Lipinski definition) is 0. The van der Waals surface area contributed by atoms with Crippen molar-refractivity contribution in [3.05, 3.63) is 485 Å². The second-order valence-corrected chi connectivity index (χ2v) is 34.5. The second-order valence-electron chi connectivity index (χ2n) is 34.5. The van der Waals surface area contributed by atoms with Gasteiger partial charge in [0.2, 0.25) is 0 Å². The SMILES string of the molecule is c1ccc(-c2cccc(-n3c4ccccc4c4c(-c5ccc(-c6ccccc6-n6c7ccc(-c8ccccc8)cc7c7cc(-c8ccccc8)ccc76)cc5)cccc43)c2)cc1.c1ccc(-n2c3ccccc3c3c(-c4ccc(-c5ccccc5-n5c6ccc(-c7ccc8oc9ccccc9c8c7)cc6c6cc(-c7ccc8oc9ccccc9c8c7)ccc65)cc4)cccc32)cc1. The fraction of sp³-hybridized carbons (Fsp3) is 0. The Labute approximate surface area is 761 Å². The Bertz CT molecular complexity index is 8980. The highest BCUT2D eigenvalue weighted by molar-refractivity contribution is 6.19. The van der Waals surface area contributed by atoms with E-state index in [0.717, 1.165) is 111 Å². The van der Waals surface area contributed by atoms with E-state index in [9.17, 15) is 0 Å². The Kier molecular flexibility index (Phi) is 17.9. The number of nitrogens with zero attached hydrogens (tertiary/aromatic N) is 4. The predicted molar refractivity (Wildman–Crippen MR) is 554 cm³/mol. The number of rotatable bonds is 13. The van der Waals surface area contributed by atoms with Crippen LogP contribution in [0.3, 0.4) is 0 Å². The van der Waals surface area contributed by atoms with Gasteiger partial charge in [0, 0.05) is 87.1 Å². The summed E-state index contributed by atoms with van der Waals surface area (Å²) in [7, 11) is 0. The molecule has 6 aromatic heterocycles. The normalized spacial score (nSPS) is 11.8. The third kappa shape index (κ3) is 12.6. The summed E-state index contributed by atoms with van der Waals surface area (Å²) in [4.78, 5) is 0. The van der Waals surface area contributed by atoms with Crippen molar-refractivity contribution in [2.45, 2.75) is 0 Å². The minimum Gasteiger partial charge on any atom is -0.456 e. The van der Waals surface area contributed by atoms with Crippen molar-refractivity contribution in [1.29, 1.82) is 0 Å². The summed E-state index contributed by atoms with van der Waals surface area (Å²) in [6.45, 7) is 0. The van der Waals surface area contributed by atoms with Crippen LogP contribution in [0.5, 0.6) is 0 Å². The molecule has 0 unspecified atom stereocenters. The maximum absolute atomic E-state index is 6.24. The topological polar surface area (TPSA) is 46.0 Å². The van der Waals surface area contributed by atoms with Crippen LogP contribution in [0.4, 0.5) is 0 Å². The lowest BCUT2D eigenvalue weighted by Gasteiger charge is -2.15. The van der Waals surface area contributed by atoms with Crippen molar-refractivity contribution in [1.82, 2.24) is 18.3 Å². The molecule has 0 radical (unpaired) electrons. The van der Waals surface area contributed by atoms with Crippen molar-refractivity contribution in [2.75, 3.05) is 0 Å². The minimum atomic E-state index is 0.895. The molecule has 0 amide bonds. The lowest BCUT2D eigenvalue weighted by molar-refractivity contribution is 0.668. The molecule has 0 aliphatic heterocycles. The van der Waals surface area contributed by atoms with E-state index in [2.05, 4.69) is 479 Å². The van der Waals surface area contributed by atoms with Gasteiger partial charge in [-0.15, -0.1) is 0 Å². The summed E-state index contributed by atoms with van der Waals surface area (Å²) in [5.41, 5.74) is 39.0. The summed E-state index contributed by atoms with van der Waals surface area (Å²) < 4.78 is 22.2. The van der Waals surface area contributed by atoms with Gasteiger partial charge >= 0.3 is 0 Å². The zero-order valence-corrected chi connectivity index (χ0v) is 71.8. The Morgan fingerprint density at radius 1 is 0.129 bits per heavy atom. The first-order chi connectivity index (χ1) is 65.5. The number of furan rings is 2. The number of hydrogen-bond acceptors (Lipinski definition) is 2. The molecule has 0 fully saturated rings. The summed E-state index contributed by atoms with van der Waals surface area (Å²) in [5, 5.41) is 14.4. The van der Waals surface area contributed by atoms with Gasteiger partial charge in [0.15, 0.2) is 0 Å². The number of benzene rings is 21. The largest absolute Gasteiger partial charge is 0.456 e. The molecule has 132 heavy (non-hydrogen) atoms. The molecule has 616 valence electrons. The van der Waals surface area contributed by atoms with E-state index in [0.29, 0.717) is 0 Å². The van der Waals surface area contributed by atoms with E-state index >= 15 is 0 Å². The van der Waals surface area contributed by atoms with E-state index in [-0.39, 0.29) is 0 Å². The minimum absolute atomic E-state index is 0.895. The van der Waals surface area contributed by atoms with Crippen LogP contribution >= 0.6 is 0 Å². The summed E-state index contributed by atoms with van der Waals surface area (Å²) in [6, 6.07) is 176. The average molecular weight is 1680 g/mol. The van der Waals surface area contributed by atoms with Crippen molar-refractivity contribution < 1.29 is 8.83 Å². The highest BCUT2D eigenvalue weighted by Gasteiger charge is 2.25. The molecule has 0 bridgehead atoms. The van der Waals surface area contributed by atoms with Gasteiger partial charge < -0.3 is 27.1 Å². The Morgan fingerprint density at radius 2 is 0.386 bits per heavy atom. The lowest BCUT2D eigenvalue weighted by Crippen LogP contribution is -1.97. The van der Waals surface area contributed by atoms with E-state index in [1.807, 2.05) is 24.3 Å². The van der Waals surface area contributed by atoms with Crippen LogP contribution in [0.15, 0.2) is 494 Å². The van der Waals surface area contributed by atoms with Crippen LogP contribution in [0.1, 0.15) is 0 Å². The third-order valence-corrected chi connectivity index (χ3v) is 27.1. The number of para-hydroxylation sites is 7. The fourth-order valence-electron chi connectivity index (χ4n) is 20.9. The Balaban J connectivity index is 0.000000139. The highest BCUT2D eigenvalue weighted by atomic mass is 16.3. The quantitative estimate of drug-likeness (QED) is 0.115. The molecular formula is C126H80N4O2. The summed E-state index contributed by atoms with van der Waals surface area (Å²) in [6.07, 6.45) is 0. The maximum atomic E-state index is 6.24. The molecule has 0 N–H and O–H groups in total. The van der Waals surface area contributed by atoms with Crippen molar-refractivity contribution in [2.24, 2.45) is 0 Å². The maximum Gasteiger partial charge on any atom is 0.135 e. The van der Waals surface area contributed by atoms with Gasteiger partial charge in [-0.25, -0.2) is 0 Å². The zero-order valence-electron chi connectivity index (χ0n) is 71.8. The van der Waals surface area contributed by atoms with Gasteiger partial charge in [0.05, 0.1) is 55.5 Å². The van der Waals surface area contributed by atoms with Gasteiger partial charge in [-0.3, -0.25) is 0 Å². The summed E-state index contributed by atoms with van der Waals surface area (Å²) in [5.74, 6) is 0. The first kappa shape index (κ1) is 75.7. The van der Waals surface area contributed by atoms with E-state index in [1.165, 1.54) is 143 Å².